The minimum absolute atomic E-state index is 0. The van der Waals surface area contributed by atoms with Crippen molar-refractivity contribution in [3.05, 3.63) is 0 Å². The summed E-state index contributed by atoms with van der Waals surface area (Å²) >= 11 is 5.23. The SMILES string of the molecule is CCCCCCC(C)(C)[S-].[Ag+]. The van der Waals surface area contributed by atoms with E-state index in [9.17, 15) is 0 Å². The van der Waals surface area contributed by atoms with E-state index in [4.69, 9.17) is 12.6 Å². The van der Waals surface area contributed by atoms with Gasteiger partial charge in [-0.25, -0.2) is 0 Å². The molecule has 0 unspecified atom stereocenters. The molecular weight excluding hydrogens is 248 g/mol. The first kappa shape index (κ1) is 14.6. The van der Waals surface area contributed by atoms with Crippen LogP contribution >= 0.6 is 0 Å². The Bertz CT molecular complexity index is 76.1. The van der Waals surface area contributed by atoms with Crippen LogP contribution < -0.4 is 0 Å². The summed E-state index contributed by atoms with van der Waals surface area (Å²) in [6.45, 7) is 6.50. The van der Waals surface area contributed by atoms with Crippen LogP contribution in [-0.2, 0) is 35.0 Å². The summed E-state index contributed by atoms with van der Waals surface area (Å²) in [4.78, 5) is 0. The van der Waals surface area contributed by atoms with Gasteiger partial charge in [-0.1, -0.05) is 52.9 Å². The molecule has 0 aromatic rings. The van der Waals surface area contributed by atoms with Crippen molar-refractivity contribution in [3.8, 4) is 0 Å². The fourth-order valence-corrected chi connectivity index (χ4v) is 1.12. The van der Waals surface area contributed by atoms with Gasteiger partial charge in [0.05, 0.1) is 0 Å². The Balaban J connectivity index is 0. The van der Waals surface area contributed by atoms with E-state index in [1.165, 1.54) is 32.1 Å². The normalized spacial score (nSPS) is 10.9. The molecule has 0 saturated heterocycles. The predicted molar refractivity (Wildman–Crippen MR) is 50.2 cm³/mol. The Morgan fingerprint density at radius 3 is 2.00 bits per heavy atom. The molecule has 11 heavy (non-hydrogen) atoms. The molecule has 0 aliphatic heterocycles. The summed E-state index contributed by atoms with van der Waals surface area (Å²) in [5.74, 6) is 0. The quantitative estimate of drug-likeness (QED) is 0.418. The maximum absolute atomic E-state index is 5.23. The Morgan fingerprint density at radius 2 is 1.64 bits per heavy atom. The number of hydrogen-bond donors (Lipinski definition) is 0. The van der Waals surface area contributed by atoms with E-state index < -0.39 is 0 Å². The van der Waals surface area contributed by atoms with Gasteiger partial charge >= 0.3 is 22.4 Å². The third-order valence-corrected chi connectivity index (χ3v) is 1.84. The van der Waals surface area contributed by atoms with E-state index in [0.29, 0.717) is 0 Å². The van der Waals surface area contributed by atoms with Gasteiger partial charge in [0.2, 0.25) is 0 Å². The number of hydrogen-bond acceptors (Lipinski definition) is 1. The minimum Gasteiger partial charge on any atom is -0.786 e. The van der Waals surface area contributed by atoms with Crippen molar-refractivity contribution in [2.24, 2.45) is 0 Å². The van der Waals surface area contributed by atoms with Gasteiger partial charge in [0.25, 0.3) is 0 Å². The first-order valence-electron chi connectivity index (χ1n) is 4.26. The zero-order valence-corrected chi connectivity index (χ0v) is 10.0. The molecule has 0 radical (unpaired) electrons. The summed E-state index contributed by atoms with van der Waals surface area (Å²) in [7, 11) is 0. The molecule has 0 aliphatic rings. The van der Waals surface area contributed by atoms with Gasteiger partial charge in [-0.3, -0.25) is 0 Å². The predicted octanol–water partition coefficient (Wildman–Crippen LogP) is 3.28. The molecular formula is C9H19AgS. The second-order valence-electron chi connectivity index (χ2n) is 3.57. The van der Waals surface area contributed by atoms with Crippen LogP contribution in [0.5, 0.6) is 0 Å². The number of rotatable bonds is 5. The summed E-state index contributed by atoms with van der Waals surface area (Å²) < 4.78 is 0.133. The molecule has 0 N–H and O–H groups in total. The van der Waals surface area contributed by atoms with Gasteiger partial charge in [0.1, 0.15) is 0 Å². The maximum atomic E-state index is 5.23. The third kappa shape index (κ3) is 14.0. The molecule has 0 nitrogen and oxygen atoms in total. The molecule has 0 bridgehead atoms. The van der Waals surface area contributed by atoms with Crippen molar-refractivity contribution in [1.29, 1.82) is 0 Å². The van der Waals surface area contributed by atoms with Crippen LogP contribution in [0.15, 0.2) is 0 Å². The molecule has 0 spiro atoms. The van der Waals surface area contributed by atoms with Crippen LogP contribution in [-0.4, -0.2) is 4.75 Å². The van der Waals surface area contributed by atoms with Crippen LogP contribution in [0.3, 0.4) is 0 Å². The summed E-state index contributed by atoms with van der Waals surface area (Å²) in [6, 6.07) is 0. The van der Waals surface area contributed by atoms with Crippen LogP contribution in [0.1, 0.15) is 52.9 Å². The van der Waals surface area contributed by atoms with E-state index in [0.717, 1.165) is 0 Å². The Hall–Kier alpha value is 1.09. The van der Waals surface area contributed by atoms with E-state index >= 15 is 0 Å². The molecule has 0 rings (SSSR count). The molecule has 0 aromatic heterocycles. The average Bonchev–Trinajstić information content (AvgIpc) is 1.78. The molecule has 2 heteroatoms. The van der Waals surface area contributed by atoms with Crippen LogP contribution in [0.25, 0.3) is 0 Å². The van der Waals surface area contributed by atoms with Crippen LogP contribution in [0, 0.1) is 0 Å². The second kappa shape index (κ2) is 7.72. The molecule has 0 saturated carbocycles. The molecule has 0 aliphatic carbocycles. The van der Waals surface area contributed by atoms with E-state index in [2.05, 4.69) is 20.8 Å². The first-order chi connectivity index (χ1) is 4.56. The average molecular weight is 267 g/mol. The summed E-state index contributed by atoms with van der Waals surface area (Å²) in [6.07, 6.45) is 6.55. The van der Waals surface area contributed by atoms with Gasteiger partial charge in [-0.2, -0.15) is 4.75 Å². The molecule has 0 aromatic carbocycles. The zero-order valence-electron chi connectivity index (χ0n) is 7.75. The molecule has 0 heterocycles. The second-order valence-corrected chi connectivity index (χ2v) is 4.68. The largest absolute Gasteiger partial charge is 1.00 e. The molecule has 0 amide bonds. The Kier molecular flexibility index (Phi) is 10.3. The van der Waals surface area contributed by atoms with Crippen molar-refractivity contribution in [2.75, 3.05) is 0 Å². The van der Waals surface area contributed by atoms with Crippen LogP contribution in [0.4, 0.5) is 0 Å². The van der Waals surface area contributed by atoms with Crippen LogP contribution in [0.2, 0.25) is 0 Å². The van der Waals surface area contributed by atoms with Gasteiger partial charge in [0.15, 0.2) is 0 Å². The topological polar surface area (TPSA) is 0 Å². The fourth-order valence-electron chi connectivity index (χ4n) is 0.977. The van der Waals surface area contributed by atoms with Crippen molar-refractivity contribution >= 4 is 12.6 Å². The van der Waals surface area contributed by atoms with Crippen molar-refractivity contribution in [3.63, 3.8) is 0 Å². The molecule has 72 valence electrons. The van der Waals surface area contributed by atoms with E-state index in [-0.39, 0.29) is 27.1 Å². The molecule has 0 fully saturated rings. The Labute approximate surface area is 92.4 Å². The smallest absolute Gasteiger partial charge is 0.786 e. The van der Waals surface area contributed by atoms with Gasteiger partial charge in [-0.05, 0) is 0 Å². The van der Waals surface area contributed by atoms with Gasteiger partial charge in [0, 0.05) is 0 Å². The number of unbranched alkanes of at least 4 members (excludes halogenated alkanes) is 3. The van der Waals surface area contributed by atoms with Crippen molar-refractivity contribution < 1.29 is 22.4 Å². The molecule has 0 atom stereocenters. The summed E-state index contributed by atoms with van der Waals surface area (Å²) in [5.41, 5.74) is 0. The summed E-state index contributed by atoms with van der Waals surface area (Å²) in [5, 5.41) is 0. The standard InChI is InChI=1S/C9H20S.Ag/c1-4-5-6-7-8-9(2,3)10;/h10H,4-8H2,1-3H3;/q;+1/p-1. The third-order valence-electron chi connectivity index (χ3n) is 1.63. The van der Waals surface area contributed by atoms with Gasteiger partial charge < -0.3 is 12.6 Å². The fraction of sp³-hybridized carbons (Fsp3) is 1.00. The van der Waals surface area contributed by atoms with E-state index in [1.54, 1.807) is 0 Å². The Morgan fingerprint density at radius 1 is 1.09 bits per heavy atom. The minimum atomic E-state index is 0. The monoisotopic (exact) mass is 266 g/mol. The maximum Gasteiger partial charge on any atom is 1.00 e. The first-order valence-corrected chi connectivity index (χ1v) is 4.67. The van der Waals surface area contributed by atoms with E-state index in [1.807, 2.05) is 0 Å². The van der Waals surface area contributed by atoms with Crippen molar-refractivity contribution in [1.82, 2.24) is 0 Å². The van der Waals surface area contributed by atoms with Gasteiger partial charge in [-0.15, -0.1) is 0 Å². The van der Waals surface area contributed by atoms with Crippen molar-refractivity contribution in [2.45, 2.75) is 57.6 Å². The zero-order chi connectivity index (χ0) is 8.04.